The Balaban J connectivity index is 2.21. The number of nitrogens with two attached hydrogens (primary N) is 1. The Labute approximate surface area is 110 Å². The van der Waals surface area contributed by atoms with Gasteiger partial charge in [0.15, 0.2) is 0 Å². The van der Waals surface area contributed by atoms with Crippen molar-refractivity contribution in [2.24, 2.45) is 11.1 Å². The van der Waals surface area contributed by atoms with Crippen LogP contribution in [0.15, 0.2) is 29.2 Å². The Bertz CT molecular complexity index is 551. The van der Waals surface area contributed by atoms with Crippen molar-refractivity contribution in [1.82, 2.24) is 0 Å². The molecule has 2 rings (SSSR count). The normalized spacial score (nSPS) is 19.7. The number of sulfonamides is 1. The van der Waals surface area contributed by atoms with Crippen molar-refractivity contribution in [2.45, 2.75) is 11.3 Å². The number of nitrogens with one attached hydrogen (secondary N) is 1. The molecule has 18 heavy (non-hydrogen) atoms. The van der Waals surface area contributed by atoms with Crippen LogP contribution in [0.2, 0.25) is 0 Å². The van der Waals surface area contributed by atoms with Crippen LogP contribution in [0.25, 0.3) is 0 Å². The van der Waals surface area contributed by atoms with E-state index in [0.717, 1.165) is 17.9 Å². The molecule has 0 aliphatic carbocycles. The van der Waals surface area contributed by atoms with Crippen molar-refractivity contribution in [1.29, 1.82) is 0 Å². The number of hydrogen-bond donors (Lipinski definition) is 2. The zero-order chi connectivity index (χ0) is 13.2. The monoisotopic (exact) mass is 286 g/mol. The molecule has 1 aliphatic rings. The number of amides is 1. The zero-order valence-electron chi connectivity index (χ0n) is 9.63. The SMILES string of the molecule is NS(=O)(=O)c1ccccc1NC(=O)C1CCSC1. The predicted octanol–water partition coefficient (Wildman–Crippen LogP) is 1.03. The highest BCUT2D eigenvalue weighted by Gasteiger charge is 2.24. The van der Waals surface area contributed by atoms with Gasteiger partial charge in [-0.15, -0.1) is 0 Å². The van der Waals surface area contributed by atoms with E-state index in [1.165, 1.54) is 6.07 Å². The molecule has 0 radical (unpaired) electrons. The van der Waals surface area contributed by atoms with E-state index in [-0.39, 0.29) is 22.4 Å². The molecule has 1 aromatic carbocycles. The molecule has 1 aliphatic heterocycles. The lowest BCUT2D eigenvalue weighted by atomic mass is 10.1. The highest BCUT2D eigenvalue weighted by Crippen LogP contribution is 2.26. The molecule has 5 nitrogen and oxygen atoms in total. The van der Waals surface area contributed by atoms with Gasteiger partial charge in [-0.05, 0) is 24.3 Å². The lowest BCUT2D eigenvalue weighted by molar-refractivity contribution is -0.119. The van der Waals surface area contributed by atoms with Crippen LogP contribution >= 0.6 is 11.8 Å². The average molecular weight is 286 g/mol. The Morgan fingerprint density at radius 3 is 2.72 bits per heavy atom. The van der Waals surface area contributed by atoms with Crippen LogP contribution in [0.3, 0.4) is 0 Å². The van der Waals surface area contributed by atoms with Crippen LogP contribution in [0.1, 0.15) is 6.42 Å². The molecule has 1 fully saturated rings. The molecule has 1 saturated heterocycles. The third-order valence-electron chi connectivity index (χ3n) is 2.75. The highest BCUT2D eigenvalue weighted by atomic mass is 32.2. The van der Waals surface area contributed by atoms with Crippen LogP contribution in [-0.4, -0.2) is 25.8 Å². The van der Waals surface area contributed by atoms with E-state index in [2.05, 4.69) is 5.32 Å². The number of thioether (sulfide) groups is 1. The standard InChI is InChI=1S/C11H14N2O3S2/c12-18(15,16)10-4-2-1-3-9(10)13-11(14)8-5-6-17-7-8/h1-4,8H,5-7H2,(H,13,14)(H2,12,15,16). The molecule has 98 valence electrons. The lowest BCUT2D eigenvalue weighted by Crippen LogP contribution is -2.24. The van der Waals surface area contributed by atoms with Gasteiger partial charge in [0.25, 0.3) is 0 Å². The first-order valence-electron chi connectivity index (χ1n) is 5.49. The Kier molecular flexibility index (Phi) is 3.94. The minimum atomic E-state index is -3.82. The summed E-state index contributed by atoms with van der Waals surface area (Å²) in [5.41, 5.74) is 0.252. The number of para-hydroxylation sites is 1. The number of hydrogen-bond acceptors (Lipinski definition) is 4. The summed E-state index contributed by atoms with van der Waals surface area (Å²) in [5, 5.41) is 7.75. The average Bonchev–Trinajstić information content (AvgIpc) is 2.81. The topological polar surface area (TPSA) is 89.3 Å². The molecule has 0 aromatic heterocycles. The zero-order valence-corrected chi connectivity index (χ0v) is 11.3. The van der Waals surface area contributed by atoms with Crippen molar-refractivity contribution in [3.63, 3.8) is 0 Å². The van der Waals surface area contributed by atoms with Crippen LogP contribution in [-0.2, 0) is 14.8 Å². The largest absolute Gasteiger partial charge is 0.325 e. The third-order valence-corrected chi connectivity index (χ3v) is 4.88. The number of anilines is 1. The summed E-state index contributed by atoms with van der Waals surface area (Å²) in [7, 11) is -3.82. The number of rotatable bonds is 3. The van der Waals surface area contributed by atoms with E-state index in [1.807, 2.05) is 0 Å². The van der Waals surface area contributed by atoms with Crippen molar-refractivity contribution in [3.05, 3.63) is 24.3 Å². The summed E-state index contributed by atoms with van der Waals surface area (Å²) in [6, 6.07) is 6.16. The molecule has 1 unspecified atom stereocenters. The van der Waals surface area contributed by atoms with Crippen LogP contribution in [0, 0.1) is 5.92 Å². The third kappa shape index (κ3) is 3.04. The maximum absolute atomic E-state index is 11.9. The molecule has 0 saturated carbocycles. The van der Waals surface area contributed by atoms with Crippen molar-refractivity contribution in [2.75, 3.05) is 16.8 Å². The van der Waals surface area contributed by atoms with E-state index in [9.17, 15) is 13.2 Å². The van der Waals surface area contributed by atoms with Crippen LogP contribution in [0.4, 0.5) is 5.69 Å². The summed E-state index contributed by atoms with van der Waals surface area (Å²) in [4.78, 5) is 11.9. The molecule has 3 N–H and O–H groups in total. The lowest BCUT2D eigenvalue weighted by Gasteiger charge is -2.12. The Morgan fingerprint density at radius 1 is 1.39 bits per heavy atom. The first-order valence-corrected chi connectivity index (χ1v) is 8.19. The van der Waals surface area contributed by atoms with Crippen molar-refractivity contribution >= 4 is 33.4 Å². The van der Waals surface area contributed by atoms with Gasteiger partial charge >= 0.3 is 0 Å². The van der Waals surface area contributed by atoms with E-state index in [0.29, 0.717) is 0 Å². The summed E-state index contributed by atoms with van der Waals surface area (Å²) >= 11 is 1.73. The van der Waals surface area contributed by atoms with Gasteiger partial charge in [0.2, 0.25) is 15.9 Å². The fourth-order valence-corrected chi connectivity index (χ4v) is 3.71. The number of carbonyl (C=O) groups excluding carboxylic acids is 1. The second kappa shape index (κ2) is 5.29. The number of benzene rings is 1. The van der Waals surface area contributed by atoms with Gasteiger partial charge in [0.05, 0.1) is 5.69 Å². The molecule has 1 heterocycles. The van der Waals surface area contributed by atoms with E-state index in [1.54, 1.807) is 30.0 Å². The Morgan fingerprint density at radius 2 is 2.11 bits per heavy atom. The Hall–Kier alpha value is -1.05. The quantitative estimate of drug-likeness (QED) is 0.868. The summed E-state index contributed by atoms with van der Waals surface area (Å²) in [5.74, 6) is 1.55. The minimum Gasteiger partial charge on any atom is -0.325 e. The maximum Gasteiger partial charge on any atom is 0.240 e. The molecule has 1 aromatic rings. The van der Waals surface area contributed by atoms with Gasteiger partial charge in [-0.2, -0.15) is 11.8 Å². The number of primary sulfonamides is 1. The number of carbonyl (C=O) groups is 1. The molecule has 0 bridgehead atoms. The summed E-state index contributed by atoms with van der Waals surface area (Å²) < 4.78 is 22.8. The molecule has 1 amide bonds. The van der Waals surface area contributed by atoms with Gasteiger partial charge < -0.3 is 5.32 Å². The second-order valence-electron chi connectivity index (χ2n) is 4.09. The predicted molar refractivity (Wildman–Crippen MR) is 71.9 cm³/mol. The van der Waals surface area contributed by atoms with Gasteiger partial charge in [-0.1, -0.05) is 12.1 Å². The highest BCUT2D eigenvalue weighted by molar-refractivity contribution is 7.99. The van der Waals surface area contributed by atoms with E-state index in [4.69, 9.17) is 5.14 Å². The van der Waals surface area contributed by atoms with Crippen LogP contribution in [0.5, 0.6) is 0 Å². The minimum absolute atomic E-state index is 0.0519. The van der Waals surface area contributed by atoms with Gasteiger partial charge in [-0.3, -0.25) is 4.79 Å². The van der Waals surface area contributed by atoms with E-state index >= 15 is 0 Å². The van der Waals surface area contributed by atoms with Gasteiger partial charge in [-0.25, -0.2) is 13.6 Å². The molecular weight excluding hydrogens is 272 g/mol. The van der Waals surface area contributed by atoms with Gasteiger partial charge in [0.1, 0.15) is 4.90 Å². The molecular formula is C11H14N2O3S2. The summed E-state index contributed by atoms with van der Waals surface area (Å²) in [6.45, 7) is 0. The maximum atomic E-state index is 11.9. The summed E-state index contributed by atoms with van der Waals surface area (Å²) in [6.07, 6.45) is 0.827. The fraction of sp³-hybridized carbons (Fsp3) is 0.364. The van der Waals surface area contributed by atoms with Crippen LogP contribution < -0.4 is 10.5 Å². The van der Waals surface area contributed by atoms with Crippen molar-refractivity contribution in [3.8, 4) is 0 Å². The molecule has 1 atom stereocenters. The smallest absolute Gasteiger partial charge is 0.240 e. The fourth-order valence-electron chi connectivity index (χ4n) is 1.79. The van der Waals surface area contributed by atoms with E-state index < -0.39 is 10.0 Å². The molecule has 7 heteroatoms. The first-order chi connectivity index (χ1) is 8.48. The first kappa shape index (κ1) is 13.4. The van der Waals surface area contributed by atoms with Gasteiger partial charge in [0, 0.05) is 11.7 Å². The second-order valence-corrected chi connectivity index (χ2v) is 6.77. The molecule has 0 spiro atoms. The van der Waals surface area contributed by atoms with Crippen molar-refractivity contribution < 1.29 is 13.2 Å².